The van der Waals surface area contributed by atoms with Gasteiger partial charge in [-0.2, -0.15) is 0 Å². The maximum atomic E-state index is 11.7. The number of phenols is 1. The summed E-state index contributed by atoms with van der Waals surface area (Å²) in [7, 11) is 0. The first-order valence-corrected chi connectivity index (χ1v) is 6.32. The van der Waals surface area contributed by atoms with E-state index in [0.717, 1.165) is 18.4 Å². The van der Waals surface area contributed by atoms with Crippen LogP contribution in [0.2, 0.25) is 0 Å². The van der Waals surface area contributed by atoms with Crippen molar-refractivity contribution in [2.45, 2.75) is 38.6 Å². The Morgan fingerprint density at radius 2 is 1.83 bits per heavy atom. The van der Waals surface area contributed by atoms with Crippen LogP contribution in [0.5, 0.6) is 5.75 Å². The lowest BCUT2D eigenvalue weighted by Crippen LogP contribution is -2.49. The van der Waals surface area contributed by atoms with Crippen LogP contribution in [0.4, 0.5) is 0 Å². The highest BCUT2D eigenvalue weighted by Gasteiger charge is 2.20. The van der Waals surface area contributed by atoms with Crippen molar-refractivity contribution in [3.63, 3.8) is 0 Å². The summed E-state index contributed by atoms with van der Waals surface area (Å²) in [5.74, 6) is 0.162. The zero-order valence-electron chi connectivity index (χ0n) is 11.1. The van der Waals surface area contributed by atoms with E-state index < -0.39 is 0 Å². The molecular formula is C14H22N2O2. The highest BCUT2D eigenvalue weighted by Crippen LogP contribution is 2.11. The van der Waals surface area contributed by atoms with Gasteiger partial charge < -0.3 is 16.2 Å². The Kier molecular flexibility index (Phi) is 5.16. The molecule has 0 aliphatic carbocycles. The molecule has 1 amide bonds. The number of aromatic hydroxyl groups is 1. The number of carbonyl (C=O) groups is 1. The van der Waals surface area contributed by atoms with Gasteiger partial charge in [0.25, 0.3) is 0 Å². The highest BCUT2D eigenvalue weighted by atomic mass is 16.3. The summed E-state index contributed by atoms with van der Waals surface area (Å²) in [4.78, 5) is 11.7. The van der Waals surface area contributed by atoms with E-state index in [0.29, 0.717) is 13.0 Å². The van der Waals surface area contributed by atoms with Crippen LogP contribution in [0.1, 0.15) is 32.3 Å². The molecule has 0 aromatic heterocycles. The van der Waals surface area contributed by atoms with Gasteiger partial charge in [0.1, 0.15) is 5.75 Å². The molecule has 4 N–H and O–H groups in total. The third-order valence-electron chi connectivity index (χ3n) is 3.35. The van der Waals surface area contributed by atoms with Crippen LogP contribution in [0, 0.1) is 0 Å². The van der Waals surface area contributed by atoms with E-state index in [1.807, 2.05) is 13.8 Å². The van der Waals surface area contributed by atoms with Gasteiger partial charge in [-0.05, 0) is 30.5 Å². The van der Waals surface area contributed by atoms with Crippen LogP contribution < -0.4 is 11.1 Å². The minimum absolute atomic E-state index is 0.0441. The maximum Gasteiger partial charge on any atom is 0.224 e. The normalized spacial score (nSPS) is 11.3. The fraction of sp³-hybridized carbons (Fsp3) is 0.500. The number of amides is 1. The zero-order chi connectivity index (χ0) is 13.6. The van der Waals surface area contributed by atoms with Crippen molar-refractivity contribution in [1.82, 2.24) is 5.32 Å². The summed E-state index contributed by atoms with van der Waals surface area (Å²) >= 11 is 0. The molecule has 1 aromatic carbocycles. The van der Waals surface area contributed by atoms with Crippen LogP contribution in [0.25, 0.3) is 0 Å². The first kappa shape index (κ1) is 14.5. The van der Waals surface area contributed by atoms with Crippen molar-refractivity contribution < 1.29 is 9.90 Å². The number of hydrogen-bond acceptors (Lipinski definition) is 3. The number of rotatable bonds is 6. The lowest BCUT2D eigenvalue weighted by molar-refractivity contribution is -0.120. The Hall–Kier alpha value is -1.55. The second kappa shape index (κ2) is 6.40. The van der Waals surface area contributed by atoms with Crippen LogP contribution in [-0.4, -0.2) is 23.1 Å². The summed E-state index contributed by atoms with van der Waals surface area (Å²) in [6.07, 6.45) is 1.98. The molecular weight excluding hydrogens is 228 g/mol. The molecule has 18 heavy (non-hydrogen) atoms. The molecule has 4 heteroatoms. The Morgan fingerprint density at radius 3 is 2.33 bits per heavy atom. The maximum absolute atomic E-state index is 11.7. The van der Waals surface area contributed by atoms with Gasteiger partial charge in [-0.3, -0.25) is 4.79 Å². The fourth-order valence-corrected chi connectivity index (χ4v) is 1.64. The van der Waals surface area contributed by atoms with Gasteiger partial charge >= 0.3 is 0 Å². The van der Waals surface area contributed by atoms with Crippen molar-refractivity contribution >= 4 is 5.91 Å². The van der Waals surface area contributed by atoms with Crippen molar-refractivity contribution in [2.75, 3.05) is 6.54 Å². The van der Waals surface area contributed by atoms with Crippen LogP contribution >= 0.6 is 0 Å². The van der Waals surface area contributed by atoms with E-state index in [9.17, 15) is 4.79 Å². The Labute approximate surface area is 108 Å². The molecule has 0 spiro atoms. The molecule has 1 aromatic rings. The first-order valence-electron chi connectivity index (χ1n) is 6.32. The Morgan fingerprint density at radius 1 is 1.28 bits per heavy atom. The molecule has 0 bridgehead atoms. The number of nitrogens with one attached hydrogen (secondary N) is 1. The second-order valence-corrected chi connectivity index (χ2v) is 4.69. The quantitative estimate of drug-likeness (QED) is 0.717. The molecule has 0 unspecified atom stereocenters. The van der Waals surface area contributed by atoms with Gasteiger partial charge in [-0.1, -0.05) is 26.0 Å². The Bertz CT molecular complexity index is 383. The van der Waals surface area contributed by atoms with E-state index in [-0.39, 0.29) is 17.2 Å². The van der Waals surface area contributed by atoms with Gasteiger partial charge in [0, 0.05) is 12.1 Å². The minimum atomic E-state index is -0.315. The number of phenolic OH excluding ortho intramolecular Hbond substituents is 1. The Balaban J connectivity index is 2.45. The predicted octanol–water partition coefficient (Wildman–Crippen LogP) is 1.57. The van der Waals surface area contributed by atoms with Crippen molar-refractivity contribution in [2.24, 2.45) is 5.73 Å². The lowest BCUT2D eigenvalue weighted by atomic mass is 9.94. The van der Waals surface area contributed by atoms with Crippen molar-refractivity contribution in [3.8, 4) is 5.75 Å². The van der Waals surface area contributed by atoms with Crippen molar-refractivity contribution in [3.05, 3.63) is 29.8 Å². The summed E-state index contributed by atoms with van der Waals surface area (Å²) in [6, 6.07) is 6.64. The SMILES string of the molecule is CCC(N)(CC)CNC(=O)Cc1ccc(O)cc1. The van der Waals surface area contributed by atoms with Gasteiger partial charge in [-0.25, -0.2) is 0 Å². The highest BCUT2D eigenvalue weighted by molar-refractivity contribution is 5.78. The minimum Gasteiger partial charge on any atom is -0.508 e. The van der Waals surface area contributed by atoms with Crippen LogP contribution in [0.3, 0.4) is 0 Å². The molecule has 0 atom stereocenters. The van der Waals surface area contributed by atoms with Gasteiger partial charge in [0.05, 0.1) is 6.42 Å². The topological polar surface area (TPSA) is 75.3 Å². The summed E-state index contributed by atoms with van der Waals surface area (Å²) in [5, 5.41) is 12.0. The van der Waals surface area contributed by atoms with E-state index in [1.165, 1.54) is 0 Å². The second-order valence-electron chi connectivity index (χ2n) is 4.69. The van der Waals surface area contributed by atoms with E-state index in [4.69, 9.17) is 10.8 Å². The van der Waals surface area contributed by atoms with Gasteiger partial charge in [-0.15, -0.1) is 0 Å². The predicted molar refractivity (Wildman–Crippen MR) is 72.3 cm³/mol. The molecule has 0 aliphatic heterocycles. The molecule has 4 nitrogen and oxygen atoms in total. The number of nitrogens with two attached hydrogens (primary N) is 1. The smallest absolute Gasteiger partial charge is 0.224 e. The van der Waals surface area contributed by atoms with E-state index in [1.54, 1.807) is 24.3 Å². The molecule has 0 fully saturated rings. The van der Waals surface area contributed by atoms with E-state index >= 15 is 0 Å². The molecule has 0 saturated carbocycles. The number of hydrogen-bond donors (Lipinski definition) is 3. The largest absolute Gasteiger partial charge is 0.508 e. The molecule has 0 aliphatic rings. The third-order valence-corrected chi connectivity index (χ3v) is 3.35. The molecule has 100 valence electrons. The van der Waals surface area contributed by atoms with Crippen LogP contribution in [0.15, 0.2) is 24.3 Å². The monoisotopic (exact) mass is 250 g/mol. The lowest BCUT2D eigenvalue weighted by Gasteiger charge is -2.26. The van der Waals surface area contributed by atoms with Crippen LogP contribution in [-0.2, 0) is 11.2 Å². The zero-order valence-corrected chi connectivity index (χ0v) is 11.1. The average Bonchev–Trinajstić information content (AvgIpc) is 2.39. The molecule has 1 rings (SSSR count). The first-order chi connectivity index (χ1) is 8.49. The average molecular weight is 250 g/mol. The van der Waals surface area contributed by atoms with Gasteiger partial charge in [0.2, 0.25) is 5.91 Å². The van der Waals surface area contributed by atoms with E-state index in [2.05, 4.69) is 5.32 Å². The molecule has 0 heterocycles. The number of benzene rings is 1. The molecule has 0 radical (unpaired) electrons. The molecule has 0 saturated heterocycles. The summed E-state index contributed by atoms with van der Waals surface area (Å²) in [6.45, 7) is 4.54. The third kappa shape index (κ3) is 4.37. The number of carbonyl (C=O) groups excluding carboxylic acids is 1. The summed E-state index contributed by atoms with van der Waals surface area (Å²) < 4.78 is 0. The fourth-order valence-electron chi connectivity index (χ4n) is 1.64. The van der Waals surface area contributed by atoms with Crippen molar-refractivity contribution in [1.29, 1.82) is 0 Å². The van der Waals surface area contributed by atoms with Gasteiger partial charge in [0.15, 0.2) is 0 Å². The standard InChI is InChI=1S/C14H22N2O2/c1-3-14(15,4-2)10-16-13(18)9-11-5-7-12(17)8-6-11/h5-8,17H,3-4,9-10,15H2,1-2H3,(H,16,18). The summed E-state index contributed by atoms with van der Waals surface area (Å²) in [5.41, 5.74) is 6.67.